The van der Waals surface area contributed by atoms with Crippen molar-refractivity contribution in [3.05, 3.63) is 77.1 Å². The number of carboxylic acid groups (broad SMARTS) is 1. The lowest BCUT2D eigenvalue weighted by Crippen LogP contribution is -2.48. The fraction of sp³-hybridized carbons (Fsp3) is 0.150. The summed E-state index contributed by atoms with van der Waals surface area (Å²) in [4.78, 5) is 27.8. The molecule has 0 radical (unpaired) electrons. The summed E-state index contributed by atoms with van der Waals surface area (Å²) in [6.45, 7) is 0. The van der Waals surface area contributed by atoms with Crippen LogP contribution < -0.4 is 5.32 Å². The van der Waals surface area contributed by atoms with Gasteiger partial charge in [0.1, 0.15) is 0 Å². The van der Waals surface area contributed by atoms with Crippen LogP contribution in [-0.4, -0.2) is 39.2 Å². The molecule has 0 saturated carbocycles. The normalized spacial score (nSPS) is 12.9. The maximum atomic E-state index is 12.5. The maximum absolute atomic E-state index is 12.5. The monoisotopic (exact) mass is 400 g/mol. The number of carbonyl (C=O) groups excluding carboxylic acids is 1. The van der Waals surface area contributed by atoms with E-state index in [-0.39, 0.29) is 18.1 Å². The van der Waals surface area contributed by atoms with Gasteiger partial charge in [0.05, 0.1) is 12.2 Å². The Hall–Kier alpha value is -3.16. The van der Waals surface area contributed by atoms with Gasteiger partial charge in [0.2, 0.25) is 11.7 Å². The standard InChI is InChI=1S/C20H17ClN2O5/c21-14-9-5-4-8-13(14)10-15(17(24)20(26)27)23-18(25)16-11-22-19(28-16)12-6-2-1-3-7-12/h1-9,11,15,17,24H,10H2,(H,23,25)(H,26,27)/t15-,17-/m1/s1. The van der Waals surface area contributed by atoms with Crippen molar-refractivity contribution in [1.82, 2.24) is 10.3 Å². The van der Waals surface area contributed by atoms with Crippen LogP contribution in [0.5, 0.6) is 0 Å². The second-order valence-corrected chi connectivity index (χ2v) is 6.46. The van der Waals surface area contributed by atoms with Crippen molar-refractivity contribution < 1.29 is 24.2 Å². The molecule has 0 spiro atoms. The number of carboxylic acids is 1. The number of halogens is 1. The van der Waals surface area contributed by atoms with Gasteiger partial charge in [-0.3, -0.25) is 4.79 Å². The second-order valence-electron chi connectivity index (χ2n) is 6.05. The van der Waals surface area contributed by atoms with Gasteiger partial charge in [0, 0.05) is 10.6 Å². The Labute approximate surface area is 165 Å². The van der Waals surface area contributed by atoms with Gasteiger partial charge in [-0.1, -0.05) is 48.0 Å². The van der Waals surface area contributed by atoms with E-state index in [1.165, 1.54) is 6.20 Å². The molecule has 3 N–H and O–H groups in total. The summed E-state index contributed by atoms with van der Waals surface area (Å²) in [5.74, 6) is -1.99. The zero-order valence-electron chi connectivity index (χ0n) is 14.6. The van der Waals surface area contributed by atoms with E-state index in [9.17, 15) is 14.7 Å². The number of hydrogen-bond donors (Lipinski definition) is 3. The van der Waals surface area contributed by atoms with Crippen LogP contribution in [0.25, 0.3) is 11.5 Å². The summed E-state index contributed by atoms with van der Waals surface area (Å²) in [6, 6.07) is 14.7. The Kier molecular flexibility index (Phi) is 6.08. The number of aliphatic carboxylic acids is 1. The number of benzene rings is 2. The van der Waals surface area contributed by atoms with E-state index in [0.29, 0.717) is 16.1 Å². The summed E-state index contributed by atoms with van der Waals surface area (Å²) in [5, 5.41) is 22.1. The average Bonchev–Trinajstić information content (AvgIpc) is 3.19. The minimum atomic E-state index is -1.82. The molecule has 0 unspecified atom stereocenters. The number of aromatic nitrogens is 1. The van der Waals surface area contributed by atoms with Crippen LogP contribution in [0.4, 0.5) is 0 Å². The van der Waals surface area contributed by atoms with Crippen molar-refractivity contribution in [3.63, 3.8) is 0 Å². The van der Waals surface area contributed by atoms with E-state index in [1.54, 1.807) is 36.4 Å². The number of aliphatic hydroxyl groups is 1. The van der Waals surface area contributed by atoms with E-state index >= 15 is 0 Å². The van der Waals surface area contributed by atoms with Crippen molar-refractivity contribution in [2.24, 2.45) is 0 Å². The van der Waals surface area contributed by atoms with Crippen LogP contribution in [0.1, 0.15) is 16.1 Å². The predicted octanol–water partition coefficient (Wildman–Crippen LogP) is 2.78. The number of nitrogens with one attached hydrogen (secondary N) is 1. The Morgan fingerprint density at radius 2 is 1.79 bits per heavy atom. The molecular formula is C20H17ClN2O5. The van der Waals surface area contributed by atoms with E-state index in [4.69, 9.17) is 21.1 Å². The first-order chi connectivity index (χ1) is 13.5. The summed E-state index contributed by atoms with van der Waals surface area (Å²) < 4.78 is 5.47. The molecule has 2 atom stereocenters. The largest absolute Gasteiger partial charge is 0.479 e. The SMILES string of the molecule is O=C(N[C@H](Cc1ccccc1Cl)[C@@H](O)C(=O)O)c1cnc(-c2ccccc2)o1. The van der Waals surface area contributed by atoms with E-state index in [2.05, 4.69) is 10.3 Å². The third kappa shape index (κ3) is 4.57. The van der Waals surface area contributed by atoms with Gasteiger partial charge in [-0.25, -0.2) is 9.78 Å². The van der Waals surface area contributed by atoms with E-state index in [0.717, 1.165) is 0 Å². The Morgan fingerprint density at radius 1 is 1.11 bits per heavy atom. The van der Waals surface area contributed by atoms with E-state index < -0.39 is 24.0 Å². The molecule has 2 aromatic carbocycles. The maximum Gasteiger partial charge on any atom is 0.334 e. The number of aliphatic hydroxyl groups excluding tert-OH is 1. The highest BCUT2D eigenvalue weighted by Gasteiger charge is 2.29. The molecule has 0 aliphatic carbocycles. The minimum Gasteiger partial charge on any atom is -0.479 e. The summed E-state index contributed by atoms with van der Waals surface area (Å²) in [6.07, 6.45) is -0.549. The highest BCUT2D eigenvalue weighted by Crippen LogP contribution is 2.20. The molecule has 0 saturated heterocycles. The molecule has 0 bridgehead atoms. The van der Waals surface area contributed by atoms with Gasteiger partial charge in [0.15, 0.2) is 6.10 Å². The molecule has 1 heterocycles. The van der Waals surface area contributed by atoms with Crippen molar-refractivity contribution in [2.45, 2.75) is 18.6 Å². The average molecular weight is 401 g/mol. The number of rotatable bonds is 7. The molecule has 144 valence electrons. The van der Waals surface area contributed by atoms with Crippen LogP contribution in [0, 0.1) is 0 Å². The van der Waals surface area contributed by atoms with Crippen molar-refractivity contribution in [1.29, 1.82) is 0 Å². The molecule has 0 aliphatic heterocycles. The van der Waals surface area contributed by atoms with Gasteiger partial charge >= 0.3 is 5.97 Å². The van der Waals surface area contributed by atoms with Gasteiger partial charge in [-0.05, 0) is 30.2 Å². The fourth-order valence-corrected chi connectivity index (χ4v) is 2.86. The predicted molar refractivity (Wildman–Crippen MR) is 102 cm³/mol. The minimum absolute atomic E-state index is 0.0263. The first-order valence-electron chi connectivity index (χ1n) is 8.42. The Morgan fingerprint density at radius 3 is 2.46 bits per heavy atom. The van der Waals surface area contributed by atoms with Gasteiger partial charge in [0.25, 0.3) is 5.91 Å². The molecule has 1 aromatic heterocycles. The van der Waals surface area contributed by atoms with Crippen molar-refractivity contribution in [3.8, 4) is 11.5 Å². The first kappa shape index (κ1) is 19.6. The van der Waals surface area contributed by atoms with Crippen LogP contribution >= 0.6 is 11.6 Å². The van der Waals surface area contributed by atoms with E-state index in [1.807, 2.05) is 18.2 Å². The first-order valence-corrected chi connectivity index (χ1v) is 8.80. The summed E-state index contributed by atoms with van der Waals surface area (Å²) in [5.41, 5.74) is 1.29. The smallest absolute Gasteiger partial charge is 0.334 e. The number of nitrogens with zero attached hydrogens (tertiary/aromatic N) is 1. The van der Waals surface area contributed by atoms with Gasteiger partial charge in [-0.2, -0.15) is 0 Å². The lowest BCUT2D eigenvalue weighted by atomic mass is 10.0. The number of amides is 1. The molecule has 3 aromatic rings. The quantitative estimate of drug-likeness (QED) is 0.562. The van der Waals surface area contributed by atoms with Crippen LogP contribution in [-0.2, 0) is 11.2 Å². The lowest BCUT2D eigenvalue weighted by molar-refractivity contribution is -0.148. The molecule has 0 aliphatic rings. The molecule has 28 heavy (non-hydrogen) atoms. The third-order valence-electron chi connectivity index (χ3n) is 4.10. The topological polar surface area (TPSA) is 113 Å². The summed E-state index contributed by atoms with van der Waals surface area (Å²) >= 11 is 6.11. The van der Waals surface area contributed by atoms with Crippen LogP contribution in [0.2, 0.25) is 5.02 Å². The zero-order chi connectivity index (χ0) is 20.1. The highest BCUT2D eigenvalue weighted by atomic mass is 35.5. The van der Waals surface area contributed by atoms with Crippen molar-refractivity contribution in [2.75, 3.05) is 0 Å². The molecule has 8 heteroatoms. The number of carbonyl (C=O) groups is 2. The summed E-state index contributed by atoms with van der Waals surface area (Å²) in [7, 11) is 0. The van der Waals surface area contributed by atoms with Crippen LogP contribution in [0.15, 0.2) is 65.2 Å². The molecule has 0 fully saturated rings. The second kappa shape index (κ2) is 8.69. The Bertz CT molecular complexity index is 973. The Balaban J connectivity index is 1.78. The van der Waals surface area contributed by atoms with Gasteiger partial charge in [-0.15, -0.1) is 0 Å². The fourth-order valence-electron chi connectivity index (χ4n) is 2.65. The zero-order valence-corrected chi connectivity index (χ0v) is 15.3. The number of oxazole rings is 1. The van der Waals surface area contributed by atoms with Crippen LogP contribution in [0.3, 0.4) is 0 Å². The van der Waals surface area contributed by atoms with Gasteiger partial charge < -0.3 is 19.9 Å². The lowest BCUT2D eigenvalue weighted by Gasteiger charge is -2.21. The molecule has 3 rings (SSSR count). The van der Waals surface area contributed by atoms with Crippen molar-refractivity contribution >= 4 is 23.5 Å². The number of hydrogen-bond acceptors (Lipinski definition) is 5. The molecule has 7 nitrogen and oxygen atoms in total. The third-order valence-corrected chi connectivity index (χ3v) is 4.47. The highest BCUT2D eigenvalue weighted by molar-refractivity contribution is 6.31. The molecular weight excluding hydrogens is 384 g/mol. The molecule has 1 amide bonds.